The van der Waals surface area contributed by atoms with Crippen LogP contribution in [0.5, 0.6) is 0 Å². The molecule has 0 aromatic heterocycles. The van der Waals surface area contributed by atoms with Crippen molar-refractivity contribution in [2.24, 2.45) is 11.8 Å². The van der Waals surface area contributed by atoms with Crippen LogP contribution in [0.2, 0.25) is 0 Å². The van der Waals surface area contributed by atoms with Gasteiger partial charge in [-0.2, -0.15) is 0 Å². The van der Waals surface area contributed by atoms with Crippen LogP contribution in [-0.4, -0.2) is 23.8 Å². The summed E-state index contributed by atoms with van der Waals surface area (Å²) in [5, 5.41) is 12.6. The maximum Gasteiger partial charge on any atom is 0.0636 e. The molecule has 0 saturated heterocycles. The van der Waals surface area contributed by atoms with E-state index in [-0.39, 0.29) is 6.10 Å². The molecule has 2 nitrogen and oxygen atoms in total. The first-order valence-electron chi connectivity index (χ1n) is 5.83. The normalized spacial score (nSPS) is 14.4. The molecule has 2 heteroatoms. The van der Waals surface area contributed by atoms with Gasteiger partial charge in [0.25, 0.3) is 0 Å². The molecule has 0 spiro atoms. The Morgan fingerprint density at radius 3 is 1.64 bits per heavy atom. The molecule has 0 rings (SSSR count). The third-order valence-corrected chi connectivity index (χ3v) is 2.21. The van der Waals surface area contributed by atoms with Crippen molar-refractivity contribution in [3.05, 3.63) is 0 Å². The van der Waals surface area contributed by atoms with Gasteiger partial charge in [-0.1, -0.05) is 27.7 Å². The van der Waals surface area contributed by atoms with Gasteiger partial charge in [-0.3, -0.25) is 0 Å². The molecule has 0 radical (unpaired) electrons. The standard InChI is InChI=1S/C12H27NO/c1-9(2)6-12(7-10(3)4)13-8-11(5)14/h9-14H,6-8H2,1-5H3/t11-/m1/s1. The Bertz CT molecular complexity index is 122. The van der Waals surface area contributed by atoms with Gasteiger partial charge in [0.05, 0.1) is 6.10 Å². The predicted molar refractivity (Wildman–Crippen MR) is 62.4 cm³/mol. The van der Waals surface area contributed by atoms with Crippen molar-refractivity contribution < 1.29 is 5.11 Å². The molecule has 0 unspecified atom stereocenters. The van der Waals surface area contributed by atoms with Crippen LogP contribution in [-0.2, 0) is 0 Å². The molecule has 0 aliphatic rings. The Morgan fingerprint density at radius 2 is 1.36 bits per heavy atom. The maximum atomic E-state index is 9.21. The molecule has 0 bridgehead atoms. The summed E-state index contributed by atoms with van der Waals surface area (Å²) in [6.07, 6.45) is 2.16. The zero-order chi connectivity index (χ0) is 11.1. The lowest BCUT2D eigenvalue weighted by Crippen LogP contribution is -2.36. The number of hydrogen-bond acceptors (Lipinski definition) is 2. The first-order chi connectivity index (χ1) is 6.41. The topological polar surface area (TPSA) is 32.3 Å². The third kappa shape index (κ3) is 8.52. The van der Waals surface area contributed by atoms with Crippen molar-refractivity contribution in [3.63, 3.8) is 0 Å². The second-order valence-corrected chi connectivity index (χ2v) is 5.21. The van der Waals surface area contributed by atoms with E-state index in [4.69, 9.17) is 0 Å². The van der Waals surface area contributed by atoms with Crippen molar-refractivity contribution in [2.75, 3.05) is 6.54 Å². The summed E-state index contributed by atoms with van der Waals surface area (Å²) in [6.45, 7) is 11.5. The molecular formula is C12H27NO. The van der Waals surface area contributed by atoms with Crippen LogP contribution in [0.25, 0.3) is 0 Å². The summed E-state index contributed by atoms with van der Waals surface area (Å²) < 4.78 is 0. The van der Waals surface area contributed by atoms with E-state index in [0.717, 1.165) is 11.8 Å². The molecule has 14 heavy (non-hydrogen) atoms. The van der Waals surface area contributed by atoms with Gasteiger partial charge >= 0.3 is 0 Å². The molecule has 0 aromatic rings. The quantitative estimate of drug-likeness (QED) is 0.663. The lowest BCUT2D eigenvalue weighted by molar-refractivity contribution is 0.180. The predicted octanol–water partition coefficient (Wildman–Crippen LogP) is 2.42. The fourth-order valence-corrected chi connectivity index (χ4v) is 1.74. The van der Waals surface area contributed by atoms with E-state index >= 15 is 0 Å². The number of rotatable bonds is 7. The average Bonchev–Trinajstić information content (AvgIpc) is 1.97. The van der Waals surface area contributed by atoms with Gasteiger partial charge in [-0.15, -0.1) is 0 Å². The molecule has 0 saturated carbocycles. The fourth-order valence-electron chi connectivity index (χ4n) is 1.74. The molecule has 0 aliphatic heterocycles. The van der Waals surface area contributed by atoms with Crippen molar-refractivity contribution in [2.45, 2.75) is 59.6 Å². The third-order valence-electron chi connectivity index (χ3n) is 2.21. The van der Waals surface area contributed by atoms with Crippen LogP contribution in [0.4, 0.5) is 0 Å². The van der Waals surface area contributed by atoms with Gasteiger partial charge in [0, 0.05) is 12.6 Å². The first kappa shape index (κ1) is 13.9. The number of aliphatic hydroxyl groups excluding tert-OH is 1. The second-order valence-electron chi connectivity index (χ2n) is 5.21. The van der Waals surface area contributed by atoms with Crippen molar-refractivity contribution in [1.82, 2.24) is 5.32 Å². The Morgan fingerprint density at radius 1 is 0.929 bits per heavy atom. The lowest BCUT2D eigenvalue weighted by Gasteiger charge is -2.23. The largest absolute Gasteiger partial charge is 0.392 e. The van der Waals surface area contributed by atoms with Crippen LogP contribution in [0.15, 0.2) is 0 Å². The zero-order valence-electron chi connectivity index (χ0n) is 10.4. The molecule has 2 N–H and O–H groups in total. The Labute approximate surface area is 89.1 Å². The number of nitrogens with one attached hydrogen (secondary N) is 1. The van der Waals surface area contributed by atoms with Gasteiger partial charge in [-0.05, 0) is 31.6 Å². The Kier molecular flexibility index (Phi) is 7.20. The summed E-state index contributed by atoms with van der Waals surface area (Å²) in [6, 6.07) is 0.560. The summed E-state index contributed by atoms with van der Waals surface area (Å²) in [7, 11) is 0. The summed E-state index contributed by atoms with van der Waals surface area (Å²) in [4.78, 5) is 0. The van der Waals surface area contributed by atoms with Crippen molar-refractivity contribution in [1.29, 1.82) is 0 Å². The monoisotopic (exact) mass is 201 g/mol. The van der Waals surface area contributed by atoms with E-state index in [2.05, 4.69) is 33.0 Å². The van der Waals surface area contributed by atoms with E-state index in [1.165, 1.54) is 12.8 Å². The number of aliphatic hydroxyl groups is 1. The Balaban J connectivity index is 3.84. The first-order valence-corrected chi connectivity index (χ1v) is 5.83. The molecule has 0 aliphatic carbocycles. The van der Waals surface area contributed by atoms with Crippen molar-refractivity contribution in [3.8, 4) is 0 Å². The number of hydrogen-bond donors (Lipinski definition) is 2. The SMILES string of the molecule is CC(C)CC(CC(C)C)NC[C@@H](C)O. The lowest BCUT2D eigenvalue weighted by atomic mass is 9.95. The van der Waals surface area contributed by atoms with E-state index in [9.17, 15) is 5.11 Å². The highest BCUT2D eigenvalue weighted by molar-refractivity contribution is 4.71. The van der Waals surface area contributed by atoms with Crippen LogP contribution < -0.4 is 5.32 Å². The maximum absolute atomic E-state index is 9.21. The van der Waals surface area contributed by atoms with Crippen LogP contribution in [0, 0.1) is 11.8 Å². The highest BCUT2D eigenvalue weighted by Crippen LogP contribution is 2.13. The highest BCUT2D eigenvalue weighted by atomic mass is 16.3. The highest BCUT2D eigenvalue weighted by Gasteiger charge is 2.12. The van der Waals surface area contributed by atoms with Crippen LogP contribution >= 0.6 is 0 Å². The van der Waals surface area contributed by atoms with Crippen molar-refractivity contribution >= 4 is 0 Å². The van der Waals surface area contributed by atoms with E-state index in [1.54, 1.807) is 0 Å². The smallest absolute Gasteiger partial charge is 0.0636 e. The molecule has 86 valence electrons. The van der Waals surface area contributed by atoms with Crippen LogP contribution in [0.1, 0.15) is 47.5 Å². The second kappa shape index (κ2) is 7.24. The molecular weight excluding hydrogens is 174 g/mol. The molecule has 1 atom stereocenters. The minimum absolute atomic E-state index is 0.239. The van der Waals surface area contributed by atoms with E-state index < -0.39 is 0 Å². The average molecular weight is 201 g/mol. The van der Waals surface area contributed by atoms with Gasteiger partial charge in [0.2, 0.25) is 0 Å². The summed E-state index contributed by atoms with van der Waals surface area (Å²) in [5.41, 5.74) is 0. The molecule has 0 amide bonds. The van der Waals surface area contributed by atoms with E-state index in [0.29, 0.717) is 12.6 Å². The van der Waals surface area contributed by atoms with Gasteiger partial charge in [0.1, 0.15) is 0 Å². The fraction of sp³-hybridized carbons (Fsp3) is 1.00. The van der Waals surface area contributed by atoms with Gasteiger partial charge < -0.3 is 10.4 Å². The molecule has 0 heterocycles. The zero-order valence-corrected chi connectivity index (χ0v) is 10.4. The molecule has 0 aromatic carbocycles. The minimum atomic E-state index is -0.239. The summed E-state index contributed by atoms with van der Waals surface area (Å²) >= 11 is 0. The minimum Gasteiger partial charge on any atom is -0.392 e. The molecule has 0 fully saturated rings. The summed E-state index contributed by atoms with van der Waals surface area (Å²) in [5.74, 6) is 1.44. The Hall–Kier alpha value is -0.0800. The van der Waals surface area contributed by atoms with E-state index in [1.807, 2.05) is 6.92 Å². The van der Waals surface area contributed by atoms with Gasteiger partial charge in [-0.25, -0.2) is 0 Å². The van der Waals surface area contributed by atoms with Gasteiger partial charge in [0.15, 0.2) is 0 Å². The van der Waals surface area contributed by atoms with Crippen LogP contribution in [0.3, 0.4) is 0 Å².